The van der Waals surface area contributed by atoms with Crippen molar-refractivity contribution in [1.29, 1.82) is 0 Å². The lowest BCUT2D eigenvalue weighted by atomic mass is 9.91. The van der Waals surface area contributed by atoms with Crippen LogP contribution in [0.5, 0.6) is 0 Å². The molecule has 1 N–H and O–H groups in total. The summed E-state index contributed by atoms with van der Waals surface area (Å²) in [7, 11) is -13.7. The summed E-state index contributed by atoms with van der Waals surface area (Å²) in [6.45, 7) is -2.26. The molecule has 0 aromatic heterocycles. The summed E-state index contributed by atoms with van der Waals surface area (Å²) in [5.41, 5.74) is -13.6. The SMILES string of the molecule is O=C(Cc1ccccc1)N[C@@H]1C(=O)N2C(C(=O)OCc3ccccc3)=C(OS(=O)(=O)C(F)(F)F)N(S(=O)(=O)C(F)(F)F)C[C@H]12. The first kappa shape index (κ1) is 32.6. The number of carbonyl (C=O) groups is 3. The lowest BCUT2D eigenvalue weighted by molar-refractivity contribution is -0.160. The van der Waals surface area contributed by atoms with Crippen LogP contribution in [0.3, 0.4) is 0 Å². The normalized spacial score (nSPS) is 19.2. The van der Waals surface area contributed by atoms with Crippen molar-refractivity contribution in [3.63, 3.8) is 0 Å². The summed E-state index contributed by atoms with van der Waals surface area (Å²) in [5, 5.41) is 2.18. The van der Waals surface area contributed by atoms with Crippen LogP contribution in [0, 0.1) is 0 Å². The maximum absolute atomic E-state index is 13.7. The van der Waals surface area contributed by atoms with E-state index in [0.29, 0.717) is 5.56 Å². The lowest BCUT2D eigenvalue weighted by Crippen LogP contribution is -2.75. The molecule has 1 saturated heterocycles. The van der Waals surface area contributed by atoms with Gasteiger partial charge in [-0.1, -0.05) is 60.7 Å². The Hall–Kier alpha value is -4.33. The summed E-state index contributed by atoms with van der Waals surface area (Å²) in [6, 6.07) is 11.5. The van der Waals surface area contributed by atoms with E-state index < -0.39 is 90.1 Å². The highest BCUT2D eigenvalue weighted by atomic mass is 32.2. The van der Waals surface area contributed by atoms with Crippen LogP contribution in [-0.2, 0) is 56.5 Å². The van der Waals surface area contributed by atoms with Gasteiger partial charge in [0.05, 0.1) is 19.0 Å². The molecule has 20 heteroatoms. The van der Waals surface area contributed by atoms with Gasteiger partial charge in [0, 0.05) is 0 Å². The van der Waals surface area contributed by atoms with Crippen molar-refractivity contribution in [2.24, 2.45) is 0 Å². The first-order valence-electron chi connectivity index (χ1n) is 12.1. The predicted octanol–water partition coefficient (Wildman–Crippen LogP) is 1.87. The largest absolute Gasteiger partial charge is 0.534 e. The molecule has 0 radical (unpaired) electrons. The standard InChI is InChI=1S/C24H19F6N3O9S2/c25-23(26,27)43(37,38)32-12-16-18(31-17(34)11-14-7-3-1-4-8-14)20(35)33(16)19(21(32)42-44(39,40)24(28,29)30)22(36)41-13-15-9-5-2-6-10-15/h1-10,16,18H,11-13H2,(H,31,34)/t16-,18+/m1/s1. The number of alkyl halides is 6. The van der Waals surface area contributed by atoms with Gasteiger partial charge in [-0.3, -0.25) is 14.5 Å². The number of halogens is 6. The maximum Gasteiger partial charge on any atom is 0.534 e. The van der Waals surface area contributed by atoms with E-state index in [0.717, 1.165) is 0 Å². The van der Waals surface area contributed by atoms with Crippen LogP contribution in [0.15, 0.2) is 72.2 Å². The second kappa shape index (κ2) is 11.6. The lowest BCUT2D eigenvalue weighted by Gasteiger charge is -2.51. The third kappa shape index (κ3) is 6.30. The quantitative estimate of drug-likeness (QED) is 0.138. The Morgan fingerprint density at radius 2 is 1.41 bits per heavy atom. The number of sulfonamides is 1. The number of fused-ring (bicyclic) bond motifs is 1. The van der Waals surface area contributed by atoms with Gasteiger partial charge in [0.25, 0.3) is 11.8 Å². The second-order valence-corrected chi connectivity index (χ2v) is 12.6. The molecule has 0 unspecified atom stereocenters. The number of benzene rings is 2. The van der Waals surface area contributed by atoms with Crippen molar-refractivity contribution in [3.8, 4) is 0 Å². The van der Waals surface area contributed by atoms with Crippen molar-refractivity contribution in [3.05, 3.63) is 83.4 Å². The second-order valence-electron chi connectivity index (χ2n) is 9.16. The van der Waals surface area contributed by atoms with Crippen molar-refractivity contribution in [2.45, 2.75) is 36.1 Å². The fourth-order valence-electron chi connectivity index (χ4n) is 4.19. The molecular formula is C24H19F6N3O9S2. The highest BCUT2D eigenvalue weighted by Crippen LogP contribution is 2.42. The number of β-lactam (4-membered cyclic amide) rings is 1. The molecule has 12 nitrogen and oxygen atoms in total. The minimum atomic E-state index is -6.92. The Morgan fingerprint density at radius 3 is 1.93 bits per heavy atom. The fraction of sp³-hybridized carbons (Fsp3) is 0.292. The van der Waals surface area contributed by atoms with Crippen LogP contribution >= 0.6 is 0 Å². The number of rotatable bonds is 9. The van der Waals surface area contributed by atoms with Gasteiger partial charge in [-0.2, -0.15) is 43.2 Å². The molecule has 2 aromatic carbocycles. The Labute approximate surface area is 245 Å². The summed E-state index contributed by atoms with van der Waals surface area (Å²) >= 11 is 0. The number of carbonyl (C=O) groups excluding carboxylic acids is 3. The average Bonchev–Trinajstić information content (AvgIpc) is 2.94. The molecule has 2 aromatic rings. The minimum Gasteiger partial charge on any atom is -0.456 e. The van der Waals surface area contributed by atoms with Gasteiger partial charge in [-0.15, -0.1) is 0 Å². The minimum absolute atomic E-state index is 0.213. The topological polar surface area (TPSA) is 156 Å². The molecule has 4 rings (SSSR count). The van der Waals surface area contributed by atoms with E-state index in [9.17, 15) is 57.6 Å². The zero-order chi connectivity index (χ0) is 32.7. The van der Waals surface area contributed by atoms with E-state index >= 15 is 0 Å². The van der Waals surface area contributed by atoms with Gasteiger partial charge in [0.2, 0.25) is 5.91 Å². The number of amides is 2. The highest BCUT2D eigenvalue weighted by Gasteiger charge is 2.63. The smallest absolute Gasteiger partial charge is 0.456 e. The van der Waals surface area contributed by atoms with Crippen molar-refractivity contribution < 1.29 is 66.5 Å². The molecule has 2 aliphatic rings. The van der Waals surface area contributed by atoms with Crippen LogP contribution in [0.4, 0.5) is 26.3 Å². The Balaban J connectivity index is 1.79. The van der Waals surface area contributed by atoms with Gasteiger partial charge in [0.1, 0.15) is 12.6 Å². The molecule has 2 heterocycles. The van der Waals surface area contributed by atoms with Crippen LogP contribution in [0.2, 0.25) is 0 Å². The first-order valence-corrected chi connectivity index (χ1v) is 14.9. The molecule has 44 heavy (non-hydrogen) atoms. The molecule has 2 atom stereocenters. The van der Waals surface area contributed by atoms with Crippen molar-refractivity contribution in [2.75, 3.05) is 6.54 Å². The zero-order valence-electron chi connectivity index (χ0n) is 21.7. The number of hydrogen-bond donors (Lipinski definition) is 1. The van der Waals surface area contributed by atoms with Gasteiger partial charge in [-0.05, 0) is 11.1 Å². The van der Waals surface area contributed by atoms with Gasteiger partial charge in [-0.25, -0.2) is 9.10 Å². The van der Waals surface area contributed by atoms with Crippen LogP contribution in [0.25, 0.3) is 0 Å². The third-order valence-electron chi connectivity index (χ3n) is 6.23. The number of nitrogens with zero attached hydrogens (tertiary/aromatic N) is 2. The van der Waals surface area contributed by atoms with Gasteiger partial charge >= 0.3 is 37.1 Å². The summed E-state index contributed by atoms with van der Waals surface area (Å²) in [6.07, 6.45) is -0.345. The molecule has 238 valence electrons. The Morgan fingerprint density at radius 1 is 0.864 bits per heavy atom. The van der Waals surface area contributed by atoms with E-state index in [2.05, 4.69) is 9.50 Å². The van der Waals surface area contributed by atoms with E-state index in [4.69, 9.17) is 4.74 Å². The summed E-state index contributed by atoms with van der Waals surface area (Å²) in [4.78, 5) is 39.0. The molecule has 0 bridgehead atoms. The van der Waals surface area contributed by atoms with Gasteiger partial charge in [0.15, 0.2) is 5.70 Å². The summed E-state index contributed by atoms with van der Waals surface area (Å²) < 4.78 is 137. The fourth-order valence-corrected chi connectivity index (χ4v) is 5.65. The Kier molecular flexibility index (Phi) is 8.62. The maximum atomic E-state index is 13.7. The third-order valence-corrected chi connectivity index (χ3v) is 8.65. The Bertz CT molecular complexity index is 1700. The molecule has 2 amide bonds. The van der Waals surface area contributed by atoms with E-state index in [-0.39, 0.29) is 16.9 Å². The molecular weight excluding hydrogens is 652 g/mol. The van der Waals surface area contributed by atoms with E-state index in [1.807, 2.05) is 0 Å². The monoisotopic (exact) mass is 671 g/mol. The number of ether oxygens (including phenoxy) is 1. The number of nitrogens with one attached hydrogen (secondary N) is 1. The predicted molar refractivity (Wildman–Crippen MR) is 134 cm³/mol. The van der Waals surface area contributed by atoms with Crippen LogP contribution in [0.1, 0.15) is 11.1 Å². The molecule has 0 aliphatic carbocycles. The zero-order valence-corrected chi connectivity index (χ0v) is 23.3. The van der Waals surface area contributed by atoms with Gasteiger partial charge < -0.3 is 14.2 Å². The van der Waals surface area contributed by atoms with E-state index in [1.165, 1.54) is 36.4 Å². The average molecular weight is 672 g/mol. The van der Waals surface area contributed by atoms with Crippen LogP contribution < -0.4 is 5.32 Å². The molecule has 0 saturated carbocycles. The van der Waals surface area contributed by atoms with Crippen LogP contribution in [-0.4, -0.2) is 73.5 Å². The first-order chi connectivity index (χ1) is 20.3. The highest BCUT2D eigenvalue weighted by molar-refractivity contribution is 7.90. The van der Waals surface area contributed by atoms with Crippen molar-refractivity contribution in [1.82, 2.24) is 14.5 Å². The molecule has 2 aliphatic heterocycles. The van der Waals surface area contributed by atoms with E-state index in [1.54, 1.807) is 24.3 Å². The molecule has 0 spiro atoms. The summed E-state index contributed by atoms with van der Waals surface area (Å²) in [5.74, 6) is -6.37. The number of esters is 1. The number of hydrogen-bond acceptors (Lipinski definition) is 9. The molecule has 1 fully saturated rings. The van der Waals surface area contributed by atoms with Crippen molar-refractivity contribution >= 4 is 37.9 Å².